The molecule has 1 aliphatic heterocycles. The number of carbonyl (C=O) groups excluding carboxylic acids is 2. The van der Waals surface area contributed by atoms with Crippen LogP contribution in [0, 0.1) is 11.7 Å². The molecular weight excluding hydrogens is 333 g/mol. The number of hydrogen-bond donors (Lipinski definition) is 2. The second-order valence-electron chi connectivity index (χ2n) is 6.20. The number of nitrogens with zero attached hydrogens (tertiary/aromatic N) is 1. The number of hydrazine groups is 1. The van der Waals surface area contributed by atoms with Crippen LogP contribution < -0.4 is 15.8 Å². The van der Waals surface area contributed by atoms with Crippen LogP contribution in [-0.2, 0) is 9.59 Å². The van der Waals surface area contributed by atoms with Crippen LogP contribution in [0.2, 0.25) is 0 Å². The van der Waals surface area contributed by atoms with Gasteiger partial charge < -0.3 is 15.8 Å². The maximum atomic E-state index is 13.0. The number of benzene rings is 2. The highest BCUT2D eigenvalue weighted by atomic mass is 19.1. The van der Waals surface area contributed by atoms with Crippen molar-refractivity contribution >= 4 is 23.4 Å². The third-order valence-electron chi connectivity index (χ3n) is 4.49. The van der Waals surface area contributed by atoms with Crippen molar-refractivity contribution in [1.29, 1.82) is 0 Å². The van der Waals surface area contributed by atoms with Crippen molar-refractivity contribution < 1.29 is 14.0 Å². The molecule has 1 heterocycles. The number of allylic oxidation sites excluding steroid dienone is 1. The molecule has 0 radical (unpaired) electrons. The molecule has 5 nitrogen and oxygen atoms in total. The van der Waals surface area contributed by atoms with Gasteiger partial charge in [0.2, 0.25) is 5.78 Å². The fraction of sp³-hybridized carbons (Fsp3) is 0.200. The van der Waals surface area contributed by atoms with Crippen molar-refractivity contribution in [2.45, 2.75) is 6.92 Å². The lowest BCUT2D eigenvalue weighted by atomic mass is 9.97. The second-order valence-corrected chi connectivity index (χ2v) is 6.20. The van der Waals surface area contributed by atoms with Gasteiger partial charge in [0.1, 0.15) is 5.82 Å². The van der Waals surface area contributed by atoms with Crippen molar-refractivity contribution in [2.75, 3.05) is 23.4 Å². The lowest BCUT2D eigenvalue weighted by Crippen LogP contribution is -2.25. The van der Waals surface area contributed by atoms with E-state index in [-0.39, 0.29) is 5.82 Å². The average Bonchev–Trinajstić information content (AvgIpc) is 3.13. The topological polar surface area (TPSA) is 61.4 Å². The van der Waals surface area contributed by atoms with Crippen LogP contribution in [0.3, 0.4) is 0 Å². The van der Waals surface area contributed by atoms with E-state index in [4.69, 9.17) is 0 Å². The quantitative estimate of drug-likeness (QED) is 0.475. The fourth-order valence-electron chi connectivity index (χ4n) is 3.05. The third-order valence-corrected chi connectivity index (χ3v) is 4.49. The Labute approximate surface area is 151 Å². The number of halogens is 1. The molecule has 1 unspecified atom stereocenters. The molecule has 0 aromatic heterocycles. The maximum Gasteiger partial charge on any atom is 0.204 e. The van der Waals surface area contributed by atoms with E-state index in [1.807, 2.05) is 37.3 Å². The van der Waals surface area contributed by atoms with Gasteiger partial charge in [-0.3, -0.25) is 9.59 Å². The van der Waals surface area contributed by atoms with Gasteiger partial charge in [-0.15, -0.1) is 0 Å². The summed E-state index contributed by atoms with van der Waals surface area (Å²) in [7, 11) is 0. The number of nitrogens with one attached hydrogen (secondary N) is 2. The van der Waals surface area contributed by atoms with Crippen molar-refractivity contribution in [2.24, 2.45) is 5.92 Å². The summed E-state index contributed by atoms with van der Waals surface area (Å²) in [5, 5.41) is 0. The van der Waals surface area contributed by atoms with E-state index < -0.39 is 11.7 Å². The number of para-hydroxylation sites is 1. The molecule has 26 heavy (non-hydrogen) atoms. The van der Waals surface area contributed by atoms with E-state index in [0.29, 0.717) is 25.1 Å². The predicted molar refractivity (Wildman–Crippen MR) is 99.1 cm³/mol. The zero-order chi connectivity index (χ0) is 18.5. The van der Waals surface area contributed by atoms with Crippen LogP contribution in [-0.4, -0.2) is 25.2 Å². The summed E-state index contributed by atoms with van der Waals surface area (Å²) in [6.45, 7) is 2.87. The van der Waals surface area contributed by atoms with E-state index in [1.54, 1.807) is 12.1 Å². The number of rotatable bonds is 6. The molecule has 0 spiro atoms. The van der Waals surface area contributed by atoms with Crippen LogP contribution in [0.4, 0.5) is 15.8 Å². The first-order valence-corrected chi connectivity index (χ1v) is 8.34. The molecule has 1 fully saturated rings. The highest BCUT2D eigenvalue weighted by Gasteiger charge is 2.34. The molecule has 0 bridgehead atoms. The number of anilines is 2. The van der Waals surface area contributed by atoms with E-state index in [0.717, 1.165) is 17.0 Å². The zero-order valence-electron chi connectivity index (χ0n) is 14.4. The van der Waals surface area contributed by atoms with Gasteiger partial charge in [-0.05, 0) is 48.9 Å². The number of aldehydes is 1. The fourth-order valence-corrected chi connectivity index (χ4v) is 3.05. The normalized spacial score (nSPS) is 18.4. The molecule has 0 aliphatic carbocycles. The van der Waals surface area contributed by atoms with Gasteiger partial charge in [-0.25, -0.2) is 4.39 Å². The third kappa shape index (κ3) is 3.91. The Balaban J connectivity index is 1.79. The predicted octanol–water partition coefficient (Wildman–Crippen LogP) is 2.92. The highest BCUT2D eigenvalue weighted by Crippen LogP contribution is 2.29. The van der Waals surface area contributed by atoms with Crippen molar-refractivity contribution in [3.63, 3.8) is 0 Å². The summed E-state index contributed by atoms with van der Waals surface area (Å²) in [4.78, 5) is 25.2. The molecule has 0 amide bonds. The summed E-state index contributed by atoms with van der Waals surface area (Å²) >= 11 is 0. The van der Waals surface area contributed by atoms with Crippen LogP contribution in [0.5, 0.6) is 0 Å². The van der Waals surface area contributed by atoms with E-state index >= 15 is 0 Å². The SMILES string of the molecule is CC(NNc1ccc(F)cc1)=C1CN(c2ccccc2)CC1C(=O)C=O. The molecule has 2 aromatic carbocycles. The number of Topliss-reactive ketones (excluding diaryl/α,β-unsaturated/α-hetero) is 1. The van der Waals surface area contributed by atoms with Gasteiger partial charge >= 0.3 is 0 Å². The maximum absolute atomic E-state index is 13.0. The molecule has 6 heteroatoms. The summed E-state index contributed by atoms with van der Waals surface area (Å²) in [6, 6.07) is 15.7. The Morgan fingerprint density at radius 1 is 1.15 bits per heavy atom. The summed E-state index contributed by atoms with van der Waals surface area (Å²) in [5.41, 5.74) is 9.38. The molecule has 134 valence electrons. The first kappa shape index (κ1) is 17.7. The standard InChI is InChI=1S/C20H20FN3O2/c1-14(22-23-16-9-7-15(21)8-10-16)18-11-24(12-19(18)20(26)13-25)17-5-3-2-4-6-17/h2-10,13,19,22-23H,11-12H2,1H3. The largest absolute Gasteiger partial charge is 0.366 e. The Kier molecular flexibility index (Phi) is 5.31. The van der Waals surface area contributed by atoms with Crippen molar-refractivity contribution in [3.05, 3.63) is 71.7 Å². The Bertz CT molecular complexity index is 819. The summed E-state index contributed by atoms with van der Waals surface area (Å²) in [6.07, 6.45) is 0.389. The first-order valence-electron chi connectivity index (χ1n) is 8.34. The minimum atomic E-state index is -0.477. The van der Waals surface area contributed by atoms with Crippen LogP contribution in [0.15, 0.2) is 65.9 Å². The van der Waals surface area contributed by atoms with Crippen molar-refractivity contribution in [1.82, 2.24) is 5.43 Å². The van der Waals surface area contributed by atoms with E-state index in [2.05, 4.69) is 15.8 Å². The molecule has 2 aromatic rings. The van der Waals surface area contributed by atoms with Gasteiger partial charge in [-0.1, -0.05) is 18.2 Å². The number of ketones is 1. The van der Waals surface area contributed by atoms with Gasteiger partial charge in [0, 0.05) is 24.5 Å². The molecule has 2 N–H and O–H groups in total. The van der Waals surface area contributed by atoms with Gasteiger partial charge in [0.05, 0.1) is 11.6 Å². The van der Waals surface area contributed by atoms with E-state index in [1.165, 1.54) is 12.1 Å². The molecule has 1 atom stereocenters. The summed E-state index contributed by atoms with van der Waals surface area (Å²) < 4.78 is 13.0. The average molecular weight is 353 g/mol. The Morgan fingerprint density at radius 3 is 2.50 bits per heavy atom. The smallest absolute Gasteiger partial charge is 0.204 e. The van der Waals surface area contributed by atoms with Crippen LogP contribution >= 0.6 is 0 Å². The molecular formula is C20H20FN3O2. The minimum absolute atomic E-state index is 0.309. The second kappa shape index (κ2) is 7.82. The molecule has 1 saturated heterocycles. The lowest BCUT2D eigenvalue weighted by Gasteiger charge is -2.17. The molecule has 1 aliphatic rings. The molecule has 3 rings (SSSR count). The number of hydrogen-bond acceptors (Lipinski definition) is 5. The van der Waals surface area contributed by atoms with Crippen LogP contribution in [0.1, 0.15) is 6.92 Å². The Hall–Kier alpha value is -3.15. The zero-order valence-corrected chi connectivity index (χ0v) is 14.4. The van der Waals surface area contributed by atoms with Crippen LogP contribution in [0.25, 0.3) is 0 Å². The lowest BCUT2D eigenvalue weighted by molar-refractivity contribution is -0.131. The molecule has 0 saturated carbocycles. The van der Waals surface area contributed by atoms with Crippen molar-refractivity contribution in [3.8, 4) is 0 Å². The van der Waals surface area contributed by atoms with Gasteiger partial charge in [-0.2, -0.15) is 0 Å². The first-order chi connectivity index (χ1) is 12.6. The summed E-state index contributed by atoms with van der Waals surface area (Å²) in [5.74, 6) is -1.21. The van der Waals surface area contributed by atoms with Gasteiger partial charge in [0.25, 0.3) is 0 Å². The minimum Gasteiger partial charge on any atom is -0.366 e. The Morgan fingerprint density at radius 2 is 1.85 bits per heavy atom. The van der Waals surface area contributed by atoms with E-state index in [9.17, 15) is 14.0 Å². The monoisotopic (exact) mass is 353 g/mol. The highest BCUT2D eigenvalue weighted by molar-refractivity contribution is 6.27. The number of carbonyl (C=O) groups is 2. The van der Waals surface area contributed by atoms with Gasteiger partial charge in [0.15, 0.2) is 6.29 Å².